The molecule has 3 nitrogen and oxygen atoms in total. The molecule has 0 atom stereocenters. The van der Waals surface area contributed by atoms with Gasteiger partial charge in [-0.05, 0) is 33.1 Å². The van der Waals surface area contributed by atoms with Gasteiger partial charge in [0, 0.05) is 6.54 Å². The quantitative estimate of drug-likeness (QED) is 0.511. The van der Waals surface area contributed by atoms with Gasteiger partial charge >= 0.3 is 0 Å². The lowest BCUT2D eigenvalue weighted by molar-refractivity contribution is 0.200. The second-order valence-corrected chi connectivity index (χ2v) is 2.61. The van der Waals surface area contributed by atoms with Gasteiger partial charge in [0.1, 0.15) is 0 Å². The lowest BCUT2D eigenvalue weighted by atomic mass is 10.3. The molecule has 0 saturated heterocycles. The van der Waals surface area contributed by atoms with E-state index in [0.29, 0.717) is 0 Å². The number of aliphatic hydroxyl groups excluding tert-OH is 1. The summed E-state index contributed by atoms with van der Waals surface area (Å²) in [5, 5.41) is 11.8. The molecule has 0 aromatic carbocycles. The Balaban J connectivity index is 3.20. The number of rotatable bonds is 7. The minimum atomic E-state index is 0.271. The highest BCUT2D eigenvalue weighted by atomic mass is 16.3. The van der Waals surface area contributed by atoms with E-state index >= 15 is 0 Å². The van der Waals surface area contributed by atoms with Gasteiger partial charge in [-0.15, -0.1) is 0 Å². The first-order valence-electron chi connectivity index (χ1n) is 4.33. The average molecular weight is 160 g/mol. The van der Waals surface area contributed by atoms with E-state index in [0.717, 1.165) is 32.6 Å². The number of aliphatic hydroxyl groups is 1. The molecule has 0 aliphatic rings. The molecule has 0 aromatic heterocycles. The van der Waals surface area contributed by atoms with E-state index in [4.69, 9.17) is 5.11 Å². The molecule has 3 heteroatoms. The van der Waals surface area contributed by atoms with E-state index in [1.165, 1.54) is 0 Å². The summed E-state index contributed by atoms with van der Waals surface area (Å²) < 4.78 is 0. The van der Waals surface area contributed by atoms with E-state index in [-0.39, 0.29) is 6.61 Å². The SMILES string of the molecule is CCN(CCO)CCCNC. The molecule has 0 saturated carbocycles. The third-order valence-corrected chi connectivity index (χ3v) is 1.76. The average Bonchev–Trinajstić information content (AvgIpc) is 2.03. The van der Waals surface area contributed by atoms with Crippen LogP contribution in [0.2, 0.25) is 0 Å². The van der Waals surface area contributed by atoms with Crippen molar-refractivity contribution in [2.75, 3.05) is 39.8 Å². The molecule has 0 spiro atoms. The van der Waals surface area contributed by atoms with E-state index in [1.54, 1.807) is 0 Å². The van der Waals surface area contributed by atoms with Crippen molar-refractivity contribution in [2.45, 2.75) is 13.3 Å². The fraction of sp³-hybridized carbons (Fsp3) is 1.00. The summed E-state index contributed by atoms with van der Waals surface area (Å²) in [6, 6.07) is 0. The van der Waals surface area contributed by atoms with Crippen molar-refractivity contribution in [3.8, 4) is 0 Å². The lowest BCUT2D eigenvalue weighted by Crippen LogP contribution is -2.29. The van der Waals surface area contributed by atoms with Gasteiger partial charge in [-0.2, -0.15) is 0 Å². The van der Waals surface area contributed by atoms with Gasteiger partial charge in [0.2, 0.25) is 0 Å². The zero-order valence-corrected chi connectivity index (χ0v) is 7.64. The fourth-order valence-corrected chi connectivity index (χ4v) is 1.05. The Hall–Kier alpha value is -0.120. The predicted molar refractivity (Wildman–Crippen MR) is 47.7 cm³/mol. The second-order valence-electron chi connectivity index (χ2n) is 2.61. The van der Waals surface area contributed by atoms with Crippen LogP contribution < -0.4 is 5.32 Å². The van der Waals surface area contributed by atoms with Crippen LogP contribution in [-0.4, -0.2) is 49.8 Å². The van der Waals surface area contributed by atoms with E-state index < -0.39 is 0 Å². The third kappa shape index (κ3) is 6.28. The molecule has 0 aliphatic carbocycles. The van der Waals surface area contributed by atoms with Gasteiger partial charge in [-0.25, -0.2) is 0 Å². The molecule has 0 fully saturated rings. The molecule has 0 unspecified atom stereocenters. The van der Waals surface area contributed by atoms with E-state index in [2.05, 4.69) is 17.1 Å². The van der Waals surface area contributed by atoms with Crippen molar-refractivity contribution in [3.63, 3.8) is 0 Å². The van der Waals surface area contributed by atoms with Crippen molar-refractivity contribution >= 4 is 0 Å². The van der Waals surface area contributed by atoms with Crippen LogP contribution in [0.4, 0.5) is 0 Å². The maximum Gasteiger partial charge on any atom is 0.0558 e. The van der Waals surface area contributed by atoms with Gasteiger partial charge in [0.25, 0.3) is 0 Å². The van der Waals surface area contributed by atoms with Gasteiger partial charge in [0.15, 0.2) is 0 Å². The molecule has 0 amide bonds. The largest absolute Gasteiger partial charge is 0.395 e. The first kappa shape index (κ1) is 10.9. The number of hydrogen-bond donors (Lipinski definition) is 2. The Bertz CT molecular complexity index is 78.5. The molecule has 2 N–H and O–H groups in total. The molecule has 11 heavy (non-hydrogen) atoms. The highest BCUT2D eigenvalue weighted by Gasteiger charge is 1.98. The topological polar surface area (TPSA) is 35.5 Å². The van der Waals surface area contributed by atoms with Gasteiger partial charge in [-0.1, -0.05) is 6.92 Å². The first-order valence-corrected chi connectivity index (χ1v) is 4.33. The van der Waals surface area contributed by atoms with Crippen LogP contribution in [0, 0.1) is 0 Å². The zero-order chi connectivity index (χ0) is 8.53. The summed E-state index contributed by atoms with van der Waals surface area (Å²) in [7, 11) is 1.96. The molecule has 0 radical (unpaired) electrons. The first-order chi connectivity index (χ1) is 5.35. The fourth-order valence-electron chi connectivity index (χ4n) is 1.05. The summed E-state index contributed by atoms with van der Waals surface area (Å²) in [6.45, 7) is 6.37. The standard InChI is InChI=1S/C8H20N2O/c1-3-10(7-8-11)6-4-5-9-2/h9,11H,3-8H2,1-2H3. The lowest BCUT2D eigenvalue weighted by Gasteiger charge is -2.18. The second kappa shape index (κ2) is 7.98. The smallest absolute Gasteiger partial charge is 0.0558 e. The van der Waals surface area contributed by atoms with Crippen LogP contribution in [-0.2, 0) is 0 Å². The Morgan fingerprint density at radius 3 is 2.55 bits per heavy atom. The van der Waals surface area contributed by atoms with Crippen LogP contribution in [0.1, 0.15) is 13.3 Å². The van der Waals surface area contributed by atoms with Crippen molar-refractivity contribution < 1.29 is 5.11 Å². The molecule has 0 aromatic rings. The maximum absolute atomic E-state index is 8.67. The predicted octanol–water partition coefficient (Wildman–Crippen LogP) is -0.0899. The molecule has 0 bridgehead atoms. The Morgan fingerprint density at radius 2 is 2.09 bits per heavy atom. The highest BCUT2D eigenvalue weighted by molar-refractivity contribution is 4.54. The summed E-state index contributed by atoms with van der Waals surface area (Å²) >= 11 is 0. The molecule has 68 valence electrons. The molecular formula is C8H20N2O. The summed E-state index contributed by atoms with van der Waals surface area (Å²) in [5.41, 5.74) is 0. The highest BCUT2D eigenvalue weighted by Crippen LogP contribution is 1.88. The van der Waals surface area contributed by atoms with Crippen LogP contribution in [0.5, 0.6) is 0 Å². The molecular weight excluding hydrogens is 140 g/mol. The monoisotopic (exact) mass is 160 g/mol. The number of nitrogens with one attached hydrogen (secondary N) is 1. The third-order valence-electron chi connectivity index (χ3n) is 1.76. The molecule has 0 aliphatic heterocycles. The van der Waals surface area contributed by atoms with Gasteiger partial charge < -0.3 is 15.3 Å². The molecule has 0 heterocycles. The number of nitrogens with zero attached hydrogens (tertiary/aromatic N) is 1. The van der Waals surface area contributed by atoms with Crippen LogP contribution in [0.15, 0.2) is 0 Å². The van der Waals surface area contributed by atoms with Crippen molar-refractivity contribution in [1.29, 1.82) is 0 Å². The summed E-state index contributed by atoms with van der Waals surface area (Å²) in [4.78, 5) is 2.25. The van der Waals surface area contributed by atoms with E-state index in [1.807, 2.05) is 7.05 Å². The van der Waals surface area contributed by atoms with E-state index in [9.17, 15) is 0 Å². The van der Waals surface area contributed by atoms with Gasteiger partial charge in [-0.3, -0.25) is 0 Å². The zero-order valence-electron chi connectivity index (χ0n) is 7.64. The molecule has 0 rings (SSSR count). The Kier molecular flexibility index (Phi) is 7.89. The minimum Gasteiger partial charge on any atom is -0.395 e. The van der Waals surface area contributed by atoms with Gasteiger partial charge in [0.05, 0.1) is 6.61 Å². The number of likely N-dealkylation sites (N-methyl/N-ethyl adjacent to an activating group) is 1. The van der Waals surface area contributed by atoms with Crippen LogP contribution >= 0.6 is 0 Å². The minimum absolute atomic E-state index is 0.271. The normalized spacial score (nSPS) is 10.9. The Morgan fingerprint density at radius 1 is 1.36 bits per heavy atom. The van der Waals surface area contributed by atoms with Crippen molar-refractivity contribution in [3.05, 3.63) is 0 Å². The van der Waals surface area contributed by atoms with Crippen LogP contribution in [0.3, 0.4) is 0 Å². The van der Waals surface area contributed by atoms with Crippen molar-refractivity contribution in [2.24, 2.45) is 0 Å². The summed E-state index contributed by atoms with van der Waals surface area (Å²) in [5.74, 6) is 0. The van der Waals surface area contributed by atoms with Crippen molar-refractivity contribution in [1.82, 2.24) is 10.2 Å². The summed E-state index contributed by atoms with van der Waals surface area (Å²) in [6.07, 6.45) is 1.16. The Labute approximate surface area is 69.4 Å². The number of hydrogen-bond acceptors (Lipinski definition) is 3. The van der Waals surface area contributed by atoms with Crippen LogP contribution in [0.25, 0.3) is 0 Å². The maximum atomic E-state index is 8.67.